The Hall–Kier alpha value is -1.52. The molecule has 0 radical (unpaired) electrons. The molecule has 6 heteroatoms. The van der Waals surface area contributed by atoms with Crippen LogP contribution >= 0.6 is 0 Å². The SMILES string of the molecule is CCOC(=O)C=Cc1cnc(N)c(OC)c1.[Fe]. The van der Waals surface area contributed by atoms with Crippen LogP contribution in [0.1, 0.15) is 12.5 Å². The van der Waals surface area contributed by atoms with Crippen molar-refractivity contribution in [1.82, 2.24) is 4.98 Å². The predicted molar refractivity (Wildman–Crippen MR) is 60.9 cm³/mol. The molecule has 0 atom stereocenters. The summed E-state index contributed by atoms with van der Waals surface area (Å²) in [7, 11) is 1.51. The fourth-order valence-electron chi connectivity index (χ4n) is 1.08. The normalized spacial score (nSPS) is 9.76. The molecule has 0 spiro atoms. The van der Waals surface area contributed by atoms with Gasteiger partial charge in [0, 0.05) is 29.3 Å². The van der Waals surface area contributed by atoms with Crippen LogP contribution in [0.15, 0.2) is 18.3 Å². The number of methoxy groups -OCH3 is 1. The number of hydrogen-bond acceptors (Lipinski definition) is 5. The fraction of sp³-hybridized carbons (Fsp3) is 0.273. The molecule has 5 nitrogen and oxygen atoms in total. The molecular weight excluding hydrogens is 264 g/mol. The van der Waals surface area contributed by atoms with Crippen molar-refractivity contribution in [1.29, 1.82) is 0 Å². The number of hydrogen-bond donors (Lipinski definition) is 1. The number of carbonyl (C=O) groups excluding carboxylic acids is 1. The summed E-state index contributed by atoms with van der Waals surface area (Å²) in [5.41, 5.74) is 6.27. The van der Waals surface area contributed by atoms with E-state index >= 15 is 0 Å². The van der Waals surface area contributed by atoms with Crippen molar-refractivity contribution in [3.8, 4) is 5.75 Å². The van der Waals surface area contributed by atoms with Crippen molar-refractivity contribution in [3.05, 3.63) is 23.9 Å². The van der Waals surface area contributed by atoms with Crippen molar-refractivity contribution in [2.24, 2.45) is 0 Å². The van der Waals surface area contributed by atoms with Crippen molar-refractivity contribution in [2.75, 3.05) is 19.5 Å². The minimum Gasteiger partial charge on any atom is -0.493 e. The molecule has 94 valence electrons. The van der Waals surface area contributed by atoms with E-state index < -0.39 is 5.97 Å². The van der Waals surface area contributed by atoms with Crippen LogP contribution in [0.4, 0.5) is 5.82 Å². The second kappa shape index (κ2) is 7.70. The molecular formula is C11H14FeN2O3. The molecule has 0 aromatic carbocycles. The number of carbonyl (C=O) groups is 1. The summed E-state index contributed by atoms with van der Waals surface area (Å²) in [6.07, 6.45) is 4.47. The second-order valence-corrected chi connectivity index (χ2v) is 2.94. The second-order valence-electron chi connectivity index (χ2n) is 2.94. The third-order valence-electron chi connectivity index (χ3n) is 1.82. The van der Waals surface area contributed by atoms with E-state index in [1.54, 1.807) is 25.3 Å². The van der Waals surface area contributed by atoms with E-state index in [0.717, 1.165) is 5.56 Å². The first-order chi connectivity index (χ1) is 7.67. The van der Waals surface area contributed by atoms with Gasteiger partial charge in [0.05, 0.1) is 13.7 Å². The summed E-state index contributed by atoms with van der Waals surface area (Å²) < 4.78 is 9.74. The summed E-state index contributed by atoms with van der Waals surface area (Å²) in [5.74, 6) is 0.403. The van der Waals surface area contributed by atoms with Gasteiger partial charge in [-0.1, -0.05) is 0 Å². The van der Waals surface area contributed by atoms with Gasteiger partial charge in [0.25, 0.3) is 0 Å². The van der Waals surface area contributed by atoms with E-state index in [1.165, 1.54) is 13.2 Å². The number of pyridine rings is 1. The Balaban J connectivity index is 0.00000256. The maximum Gasteiger partial charge on any atom is 0.330 e. The molecule has 0 saturated heterocycles. The summed E-state index contributed by atoms with van der Waals surface area (Å²) in [6, 6.07) is 1.69. The number of ether oxygens (including phenoxy) is 2. The summed E-state index contributed by atoms with van der Waals surface area (Å²) >= 11 is 0. The Morgan fingerprint density at radius 3 is 2.88 bits per heavy atom. The molecule has 0 saturated carbocycles. The molecule has 2 N–H and O–H groups in total. The summed E-state index contributed by atoms with van der Waals surface area (Å²) in [6.45, 7) is 2.10. The number of anilines is 1. The maximum atomic E-state index is 11.1. The van der Waals surface area contributed by atoms with Gasteiger partial charge >= 0.3 is 5.97 Å². The van der Waals surface area contributed by atoms with E-state index in [0.29, 0.717) is 18.2 Å². The van der Waals surface area contributed by atoms with Crippen LogP contribution in [0.2, 0.25) is 0 Å². The molecule has 1 aromatic heterocycles. The topological polar surface area (TPSA) is 74.4 Å². The Labute approximate surface area is 110 Å². The van der Waals surface area contributed by atoms with Gasteiger partial charge < -0.3 is 15.2 Å². The Morgan fingerprint density at radius 2 is 2.29 bits per heavy atom. The van der Waals surface area contributed by atoms with Crippen molar-refractivity contribution < 1.29 is 31.3 Å². The van der Waals surface area contributed by atoms with Crippen LogP contribution < -0.4 is 10.5 Å². The number of nitrogens with zero attached hydrogens (tertiary/aromatic N) is 1. The summed E-state index contributed by atoms with van der Waals surface area (Å²) in [5, 5.41) is 0. The van der Waals surface area contributed by atoms with Gasteiger partial charge in [-0.25, -0.2) is 9.78 Å². The molecule has 0 aliphatic heterocycles. The molecule has 0 aliphatic rings. The van der Waals surface area contributed by atoms with Gasteiger partial charge in [-0.05, 0) is 24.6 Å². The largest absolute Gasteiger partial charge is 0.493 e. The van der Waals surface area contributed by atoms with E-state index in [1.807, 2.05) is 0 Å². The Morgan fingerprint density at radius 1 is 1.59 bits per heavy atom. The molecule has 1 rings (SSSR count). The molecule has 0 aliphatic carbocycles. The summed E-state index contributed by atoms with van der Waals surface area (Å²) in [4.78, 5) is 15.0. The van der Waals surface area contributed by atoms with Crippen LogP contribution in [0.25, 0.3) is 6.08 Å². The molecule has 1 aromatic rings. The molecule has 0 amide bonds. The predicted octanol–water partition coefficient (Wildman–Crippen LogP) is 1.25. The van der Waals surface area contributed by atoms with Crippen molar-refractivity contribution in [3.63, 3.8) is 0 Å². The zero-order valence-electron chi connectivity index (χ0n) is 9.62. The minimum absolute atomic E-state index is 0. The van der Waals surface area contributed by atoms with Gasteiger partial charge in [0.2, 0.25) is 0 Å². The van der Waals surface area contributed by atoms with Crippen LogP contribution in [0, 0.1) is 0 Å². The van der Waals surface area contributed by atoms with Crippen LogP contribution in [0.3, 0.4) is 0 Å². The smallest absolute Gasteiger partial charge is 0.330 e. The number of esters is 1. The Kier molecular flexibility index (Phi) is 7.01. The standard InChI is InChI=1S/C11H14N2O3.Fe/c1-3-16-10(14)5-4-8-6-9(15-2)11(12)13-7-8;/h4-7H,3H2,1-2H3,(H2,12,13);. The monoisotopic (exact) mass is 278 g/mol. The molecule has 1 heterocycles. The molecule has 17 heavy (non-hydrogen) atoms. The minimum atomic E-state index is -0.390. The molecule has 0 bridgehead atoms. The molecule has 0 fully saturated rings. The van der Waals surface area contributed by atoms with E-state index in [9.17, 15) is 4.79 Å². The zero-order valence-corrected chi connectivity index (χ0v) is 10.7. The number of rotatable bonds is 4. The number of nitrogens with two attached hydrogens (primary N) is 1. The van der Waals surface area contributed by atoms with Gasteiger partial charge in [-0.2, -0.15) is 0 Å². The van der Waals surface area contributed by atoms with Gasteiger partial charge in [-0.15, -0.1) is 0 Å². The van der Waals surface area contributed by atoms with Crippen LogP contribution in [-0.4, -0.2) is 24.7 Å². The average Bonchev–Trinajstić information content (AvgIpc) is 2.28. The van der Waals surface area contributed by atoms with E-state index in [2.05, 4.69) is 4.98 Å². The first-order valence-electron chi connectivity index (χ1n) is 4.81. The van der Waals surface area contributed by atoms with Crippen LogP contribution in [0.5, 0.6) is 5.75 Å². The van der Waals surface area contributed by atoms with Crippen molar-refractivity contribution in [2.45, 2.75) is 6.92 Å². The quantitative estimate of drug-likeness (QED) is 0.509. The molecule has 0 unspecified atom stereocenters. The third-order valence-corrected chi connectivity index (χ3v) is 1.82. The number of nitrogen functional groups attached to an aromatic ring is 1. The van der Waals surface area contributed by atoms with Gasteiger partial charge in [-0.3, -0.25) is 0 Å². The van der Waals surface area contributed by atoms with Gasteiger partial charge in [0.1, 0.15) is 0 Å². The first-order valence-corrected chi connectivity index (χ1v) is 4.81. The first kappa shape index (κ1) is 15.5. The van der Waals surface area contributed by atoms with Gasteiger partial charge in [0.15, 0.2) is 11.6 Å². The zero-order chi connectivity index (χ0) is 12.0. The van der Waals surface area contributed by atoms with E-state index in [-0.39, 0.29) is 17.1 Å². The van der Waals surface area contributed by atoms with Crippen LogP contribution in [-0.2, 0) is 26.6 Å². The third kappa shape index (κ3) is 4.89. The Bertz CT molecular complexity index is 408. The van der Waals surface area contributed by atoms with E-state index in [4.69, 9.17) is 15.2 Å². The number of aromatic nitrogens is 1. The fourth-order valence-corrected chi connectivity index (χ4v) is 1.08. The average molecular weight is 278 g/mol. The maximum absolute atomic E-state index is 11.1. The van der Waals surface area contributed by atoms with Crippen molar-refractivity contribution >= 4 is 17.9 Å².